The molecule has 0 heterocycles. The molecule has 1 N–H and O–H groups in total. The first kappa shape index (κ1) is 12.9. The number of methoxy groups -OCH3 is 1. The smallest absolute Gasteiger partial charge is 0.315 e. The fraction of sp³-hybridized carbons (Fsp3) is 0.250. The number of hydrogen-bond donors (Lipinski definition) is 1. The van der Waals surface area contributed by atoms with Gasteiger partial charge in [-0.25, -0.2) is 0 Å². The number of ether oxygens (including phenoxy) is 1. The molecule has 0 radical (unpaired) electrons. The Morgan fingerprint density at radius 1 is 1.12 bits per heavy atom. The van der Waals surface area contributed by atoms with E-state index in [4.69, 9.17) is 0 Å². The van der Waals surface area contributed by atoms with Gasteiger partial charge in [0.05, 0.1) is 13.5 Å². The maximum Gasteiger partial charge on any atom is 0.315 e. The topological polar surface area (TPSA) is 72.5 Å². The number of amides is 2. The van der Waals surface area contributed by atoms with E-state index in [0.29, 0.717) is 0 Å². The number of rotatable bonds is 4. The number of carbonyl (C=O) groups excluding carboxylic acids is 3. The standard InChI is InChI=1S/C12H13NO4/c1-17-12(16)8-11(15)13-10(14)7-9-5-3-2-4-6-9/h2-6H,7-8H2,1H3,(H,13,14,15). The molecule has 0 aliphatic rings. The molecule has 0 bridgehead atoms. The van der Waals surface area contributed by atoms with Crippen LogP contribution in [0.1, 0.15) is 12.0 Å². The van der Waals surface area contributed by atoms with Gasteiger partial charge in [-0.15, -0.1) is 0 Å². The SMILES string of the molecule is COC(=O)CC(=O)NC(=O)Cc1ccccc1. The van der Waals surface area contributed by atoms with Crippen molar-refractivity contribution in [3.63, 3.8) is 0 Å². The molecular weight excluding hydrogens is 222 g/mol. The molecule has 0 saturated heterocycles. The number of hydrogen-bond acceptors (Lipinski definition) is 4. The van der Waals surface area contributed by atoms with Gasteiger partial charge in [0.2, 0.25) is 11.8 Å². The van der Waals surface area contributed by atoms with Crippen molar-refractivity contribution in [2.45, 2.75) is 12.8 Å². The first-order valence-electron chi connectivity index (χ1n) is 5.05. The Hall–Kier alpha value is -2.17. The van der Waals surface area contributed by atoms with E-state index in [1.807, 2.05) is 6.07 Å². The summed E-state index contributed by atoms with van der Waals surface area (Å²) in [6.45, 7) is 0. The molecule has 0 aliphatic carbocycles. The predicted molar refractivity (Wildman–Crippen MR) is 59.9 cm³/mol. The van der Waals surface area contributed by atoms with Gasteiger partial charge in [0.15, 0.2) is 0 Å². The van der Waals surface area contributed by atoms with Crippen LogP contribution in [0, 0.1) is 0 Å². The molecular formula is C12H13NO4. The van der Waals surface area contributed by atoms with Crippen LogP contribution < -0.4 is 5.32 Å². The minimum atomic E-state index is -0.671. The Morgan fingerprint density at radius 3 is 2.35 bits per heavy atom. The fourth-order valence-electron chi connectivity index (χ4n) is 1.23. The summed E-state index contributed by atoms with van der Waals surface area (Å²) in [7, 11) is 1.18. The highest BCUT2D eigenvalue weighted by atomic mass is 16.5. The largest absolute Gasteiger partial charge is 0.469 e. The summed E-state index contributed by atoms with van der Waals surface area (Å²) in [6.07, 6.45) is -0.342. The van der Waals surface area contributed by atoms with Crippen molar-refractivity contribution in [2.75, 3.05) is 7.11 Å². The highest BCUT2D eigenvalue weighted by Gasteiger charge is 2.12. The Kier molecular flexibility index (Phi) is 4.87. The van der Waals surface area contributed by atoms with Crippen LogP contribution in [0.15, 0.2) is 30.3 Å². The minimum absolute atomic E-state index is 0.105. The third-order valence-corrected chi connectivity index (χ3v) is 2.02. The van der Waals surface area contributed by atoms with Gasteiger partial charge < -0.3 is 4.74 Å². The Bertz CT molecular complexity index is 414. The normalized spacial score (nSPS) is 9.47. The van der Waals surface area contributed by atoms with Gasteiger partial charge in [-0.2, -0.15) is 0 Å². The highest BCUT2D eigenvalue weighted by molar-refractivity contribution is 6.03. The molecule has 0 aliphatic heterocycles. The average molecular weight is 235 g/mol. The summed E-state index contributed by atoms with van der Waals surface area (Å²) in [5.41, 5.74) is 0.802. The van der Waals surface area contributed by atoms with Gasteiger partial charge >= 0.3 is 5.97 Å². The summed E-state index contributed by atoms with van der Waals surface area (Å²) in [5, 5.41) is 2.11. The van der Waals surface area contributed by atoms with E-state index in [0.717, 1.165) is 5.56 Å². The van der Waals surface area contributed by atoms with Gasteiger partial charge in [0.25, 0.3) is 0 Å². The second-order valence-corrected chi connectivity index (χ2v) is 3.39. The molecule has 1 rings (SSSR count). The molecule has 5 heteroatoms. The second-order valence-electron chi connectivity index (χ2n) is 3.39. The maximum atomic E-state index is 11.4. The number of nitrogens with one attached hydrogen (secondary N) is 1. The lowest BCUT2D eigenvalue weighted by molar-refractivity contribution is -0.144. The zero-order valence-electron chi connectivity index (χ0n) is 9.43. The van der Waals surface area contributed by atoms with E-state index in [2.05, 4.69) is 10.1 Å². The average Bonchev–Trinajstić information content (AvgIpc) is 2.29. The number of imide groups is 1. The summed E-state index contributed by atoms with van der Waals surface area (Å²) < 4.78 is 4.31. The summed E-state index contributed by atoms with van der Waals surface area (Å²) in [6, 6.07) is 9.01. The number of esters is 1. The fourth-order valence-corrected chi connectivity index (χ4v) is 1.23. The molecule has 0 atom stereocenters. The van der Waals surface area contributed by atoms with Crippen LogP contribution in [0.25, 0.3) is 0 Å². The van der Waals surface area contributed by atoms with Gasteiger partial charge in [-0.3, -0.25) is 19.7 Å². The van der Waals surface area contributed by atoms with Crippen LogP contribution in [0.2, 0.25) is 0 Å². The van der Waals surface area contributed by atoms with Crippen molar-refractivity contribution in [1.29, 1.82) is 0 Å². The Labute approximate surface area is 98.8 Å². The molecule has 1 aromatic rings. The monoisotopic (exact) mass is 235 g/mol. The van der Waals surface area contributed by atoms with Gasteiger partial charge in [-0.1, -0.05) is 30.3 Å². The van der Waals surface area contributed by atoms with Gasteiger partial charge in [0.1, 0.15) is 6.42 Å². The van der Waals surface area contributed by atoms with Crippen LogP contribution >= 0.6 is 0 Å². The van der Waals surface area contributed by atoms with Crippen molar-refractivity contribution >= 4 is 17.8 Å². The predicted octanol–water partition coefficient (Wildman–Crippen LogP) is 0.435. The number of benzene rings is 1. The van der Waals surface area contributed by atoms with Crippen molar-refractivity contribution in [3.8, 4) is 0 Å². The Balaban J connectivity index is 2.40. The van der Waals surface area contributed by atoms with Crippen molar-refractivity contribution in [2.24, 2.45) is 0 Å². The van der Waals surface area contributed by atoms with E-state index >= 15 is 0 Å². The zero-order valence-corrected chi connectivity index (χ0v) is 9.43. The summed E-state index contributed by atoms with van der Waals surface area (Å²) in [5.74, 6) is -1.77. The lowest BCUT2D eigenvalue weighted by Gasteiger charge is -2.03. The highest BCUT2D eigenvalue weighted by Crippen LogP contribution is 1.99. The second kappa shape index (κ2) is 6.42. The maximum absolute atomic E-state index is 11.4. The molecule has 90 valence electrons. The molecule has 0 unspecified atom stereocenters. The lowest BCUT2D eigenvalue weighted by atomic mass is 10.1. The van der Waals surface area contributed by atoms with Crippen LogP contribution in [-0.2, 0) is 25.5 Å². The molecule has 5 nitrogen and oxygen atoms in total. The molecule has 0 aromatic heterocycles. The first-order valence-corrected chi connectivity index (χ1v) is 5.05. The summed E-state index contributed by atoms with van der Waals surface area (Å²) in [4.78, 5) is 33.4. The van der Waals surface area contributed by atoms with Crippen LogP contribution in [-0.4, -0.2) is 24.9 Å². The molecule has 1 aromatic carbocycles. The molecule has 0 saturated carbocycles. The van der Waals surface area contributed by atoms with E-state index in [9.17, 15) is 14.4 Å². The zero-order chi connectivity index (χ0) is 12.7. The van der Waals surface area contributed by atoms with E-state index in [1.54, 1.807) is 24.3 Å². The Morgan fingerprint density at radius 2 is 1.76 bits per heavy atom. The van der Waals surface area contributed by atoms with E-state index < -0.39 is 24.2 Å². The van der Waals surface area contributed by atoms with Gasteiger partial charge in [0, 0.05) is 0 Å². The third kappa shape index (κ3) is 4.92. The molecule has 0 spiro atoms. The molecule has 0 fully saturated rings. The number of carbonyl (C=O) groups is 3. The van der Waals surface area contributed by atoms with Crippen molar-refractivity contribution in [3.05, 3.63) is 35.9 Å². The molecule has 17 heavy (non-hydrogen) atoms. The van der Waals surface area contributed by atoms with E-state index in [1.165, 1.54) is 7.11 Å². The van der Waals surface area contributed by atoms with Crippen LogP contribution in [0.4, 0.5) is 0 Å². The van der Waals surface area contributed by atoms with Crippen LogP contribution in [0.5, 0.6) is 0 Å². The minimum Gasteiger partial charge on any atom is -0.469 e. The third-order valence-electron chi connectivity index (χ3n) is 2.02. The lowest BCUT2D eigenvalue weighted by Crippen LogP contribution is -2.33. The van der Waals surface area contributed by atoms with Crippen molar-refractivity contribution in [1.82, 2.24) is 5.32 Å². The first-order chi connectivity index (χ1) is 8.11. The summed E-state index contributed by atoms with van der Waals surface area (Å²) >= 11 is 0. The van der Waals surface area contributed by atoms with Crippen molar-refractivity contribution < 1.29 is 19.1 Å². The van der Waals surface area contributed by atoms with E-state index in [-0.39, 0.29) is 6.42 Å². The van der Waals surface area contributed by atoms with Gasteiger partial charge in [-0.05, 0) is 5.56 Å². The quantitative estimate of drug-likeness (QED) is 0.607. The molecule has 2 amide bonds. The van der Waals surface area contributed by atoms with Crippen LogP contribution in [0.3, 0.4) is 0 Å².